The lowest BCUT2D eigenvalue weighted by Gasteiger charge is -2.18. The molecule has 0 saturated carbocycles. The molecule has 1 aliphatic rings. The van der Waals surface area contributed by atoms with Gasteiger partial charge >= 0.3 is 0 Å². The van der Waals surface area contributed by atoms with Gasteiger partial charge < -0.3 is 10.2 Å². The van der Waals surface area contributed by atoms with E-state index in [1.807, 2.05) is 12.1 Å². The number of nitrogens with zero attached hydrogens (tertiary/aromatic N) is 3. The predicted molar refractivity (Wildman–Crippen MR) is 124 cm³/mol. The molecule has 0 saturated heterocycles. The van der Waals surface area contributed by atoms with Crippen LogP contribution in [0.15, 0.2) is 65.7 Å². The summed E-state index contributed by atoms with van der Waals surface area (Å²) < 4.78 is 27.5. The minimum absolute atomic E-state index is 0.241. The normalized spacial score (nSPS) is 13.5. The molecule has 0 unspecified atom stereocenters. The molecule has 162 valence electrons. The van der Waals surface area contributed by atoms with Crippen molar-refractivity contribution >= 4 is 33.2 Å². The Balaban J connectivity index is 1.45. The molecule has 4 rings (SSSR count). The maximum Gasteiger partial charge on any atom is 0.240 e. The molecule has 0 fully saturated rings. The molecule has 2 N–H and O–H groups in total. The standard InChI is InChI=1S/C23H27N5O2S/c1-17(2)11-15-25-31(29,30)20-9-7-19(8-10-20)26-23-24-14-12-22(27-23)28-16-13-18-5-3-4-6-21(18)28/h3-10,12,14,17,25H,11,13,15-16H2,1-2H3,(H,24,26,27). The molecule has 0 aliphatic carbocycles. The molecule has 8 heteroatoms. The van der Waals surface area contributed by atoms with Crippen LogP contribution in [0, 0.1) is 5.92 Å². The summed E-state index contributed by atoms with van der Waals surface area (Å²) in [4.78, 5) is 11.4. The SMILES string of the molecule is CC(C)CCNS(=O)(=O)c1ccc(Nc2nccc(N3CCc4ccccc43)n2)cc1. The molecular formula is C23H27N5O2S. The summed E-state index contributed by atoms with van der Waals surface area (Å²) in [5, 5.41) is 3.16. The maximum atomic E-state index is 12.4. The minimum Gasteiger partial charge on any atom is -0.326 e. The van der Waals surface area contributed by atoms with Crippen molar-refractivity contribution < 1.29 is 8.42 Å². The van der Waals surface area contributed by atoms with Crippen molar-refractivity contribution in [2.75, 3.05) is 23.3 Å². The second kappa shape index (κ2) is 9.03. The number of rotatable bonds is 8. The van der Waals surface area contributed by atoms with Crippen LogP contribution in [0.25, 0.3) is 0 Å². The van der Waals surface area contributed by atoms with Crippen molar-refractivity contribution in [3.05, 3.63) is 66.4 Å². The molecule has 2 aromatic carbocycles. The maximum absolute atomic E-state index is 12.4. The molecule has 0 atom stereocenters. The Morgan fingerprint density at radius 1 is 1.06 bits per heavy atom. The summed E-state index contributed by atoms with van der Waals surface area (Å²) in [7, 11) is -3.51. The number of hydrogen-bond donors (Lipinski definition) is 2. The number of benzene rings is 2. The summed E-state index contributed by atoms with van der Waals surface area (Å²) in [6.07, 6.45) is 3.52. The van der Waals surface area contributed by atoms with E-state index in [9.17, 15) is 8.42 Å². The smallest absolute Gasteiger partial charge is 0.240 e. The van der Waals surface area contributed by atoms with Crippen LogP contribution in [0.1, 0.15) is 25.8 Å². The third kappa shape index (κ3) is 5.03. The number of hydrogen-bond acceptors (Lipinski definition) is 6. The van der Waals surface area contributed by atoms with E-state index in [0.717, 1.165) is 30.9 Å². The van der Waals surface area contributed by atoms with Gasteiger partial charge in [0.25, 0.3) is 0 Å². The van der Waals surface area contributed by atoms with Crippen molar-refractivity contribution in [3.8, 4) is 0 Å². The lowest BCUT2D eigenvalue weighted by molar-refractivity contribution is 0.551. The summed E-state index contributed by atoms with van der Waals surface area (Å²) in [6, 6.07) is 16.8. The van der Waals surface area contributed by atoms with Crippen LogP contribution in [0.5, 0.6) is 0 Å². The average Bonchev–Trinajstić information content (AvgIpc) is 3.18. The first-order chi connectivity index (χ1) is 14.9. The summed E-state index contributed by atoms with van der Waals surface area (Å²) in [6.45, 7) is 5.44. The van der Waals surface area contributed by atoms with Crippen LogP contribution in [-0.4, -0.2) is 31.5 Å². The van der Waals surface area contributed by atoms with Crippen molar-refractivity contribution in [1.29, 1.82) is 0 Å². The van der Waals surface area contributed by atoms with Crippen LogP contribution in [0.4, 0.5) is 23.1 Å². The topological polar surface area (TPSA) is 87.2 Å². The fourth-order valence-corrected chi connectivity index (χ4v) is 4.60. The van der Waals surface area contributed by atoms with Gasteiger partial charge in [0.2, 0.25) is 16.0 Å². The Hall–Kier alpha value is -2.97. The zero-order valence-electron chi connectivity index (χ0n) is 17.7. The Morgan fingerprint density at radius 2 is 1.84 bits per heavy atom. The van der Waals surface area contributed by atoms with E-state index < -0.39 is 10.0 Å². The van der Waals surface area contributed by atoms with E-state index in [2.05, 4.69) is 57.0 Å². The van der Waals surface area contributed by atoms with Gasteiger partial charge in [-0.2, -0.15) is 4.98 Å². The lowest BCUT2D eigenvalue weighted by Crippen LogP contribution is -2.25. The summed E-state index contributed by atoms with van der Waals surface area (Å²) in [5.74, 6) is 1.74. The highest BCUT2D eigenvalue weighted by atomic mass is 32.2. The number of nitrogens with one attached hydrogen (secondary N) is 2. The Bertz CT molecular complexity index is 1150. The molecule has 1 aliphatic heterocycles. The Kier molecular flexibility index (Phi) is 6.20. The van der Waals surface area contributed by atoms with Gasteiger partial charge in [0, 0.05) is 30.7 Å². The molecule has 0 spiro atoms. The van der Waals surface area contributed by atoms with Crippen molar-refractivity contribution in [2.24, 2.45) is 5.92 Å². The second-order valence-electron chi connectivity index (χ2n) is 8.00. The monoisotopic (exact) mass is 437 g/mol. The van der Waals surface area contributed by atoms with E-state index in [-0.39, 0.29) is 4.90 Å². The highest BCUT2D eigenvalue weighted by Crippen LogP contribution is 2.33. The fraction of sp³-hybridized carbons (Fsp3) is 0.304. The molecule has 1 aromatic heterocycles. The minimum atomic E-state index is -3.51. The van der Waals surface area contributed by atoms with Crippen molar-refractivity contribution in [2.45, 2.75) is 31.6 Å². The Morgan fingerprint density at radius 3 is 2.61 bits per heavy atom. The van der Waals surface area contributed by atoms with Crippen molar-refractivity contribution in [1.82, 2.24) is 14.7 Å². The number of sulfonamides is 1. The van der Waals surface area contributed by atoms with Crippen LogP contribution >= 0.6 is 0 Å². The number of para-hydroxylation sites is 1. The molecule has 0 bridgehead atoms. The van der Waals surface area contributed by atoms with E-state index >= 15 is 0 Å². The average molecular weight is 438 g/mol. The highest BCUT2D eigenvalue weighted by Gasteiger charge is 2.21. The Labute approximate surface area is 183 Å². The largest absolute Gasteiger partial charge is 0.326 e. The first-order valence-electron chi connectivity index (χ1n) is 10.5. The van der Waals surface area contributed by atoms with Crippen LogP contribution in [0.3, 0.4) is 0 Å². The second-order valence-corrected chi connectivity index (χ2v) is 9.77. The third-order valence-corrected chi connectivity index (χ3v) is 6.72. The lowest BCUT2D eigenvalue weighted by atomic mass is 10.1. The molecule has 31 heavy (non-hydrogen) atoms. The predicted octanol–water partition coefficient (Wildman–Crippen LogP) is 4.24. The number of anilines is 4. The molecule has 0 amide bonds. The van der Waals surface area contributed by atoms with Crippen LogP contribution in [0.2, 0.25) is 0 Å². The van der Waals surface area contributed by atoms with Crippen molar-refractivity contribution in [3.63, 3.8) is 0 Å². The first-order valence-corrected chi connectivity index (χ1v) is 12.0. The first kappa shape index (κ1) is 21.3. The van der Waals surface area contributed by atoms with E-state index in [0.29, 0.717) is 18.4 Å². The highest BCUT2D eigenvalue weighted by molar-refractivity contribution is 7.89. The summed E-state index contributed by atoms with van der Waals surface area (Å²) in [5.41, 5.74) is 3.21. The van der Waals surface area contributed by atoms with Gasteiger partial charge in [-0.25, -0.2) is 18.1 Å². The quantitative estimate of drug-likeness (QED) is 0.548. The van der Waals surface area contributed by atoms with E-state index in [4.69, 9.17) is 0 Å². The van der Waals surface area contributed by atoms with Gasteiger partial charge in [-0.15, -0.1) is 0 Å². The zero-order valence-corrected chi connectivity index (χ0v) is 18.6. The number of aromatic nitrogens is 2. The molecule has 3 aromatic rings. The van der Waals surface area contributed by atoms with Gasteiger partial charge in [-0.3, -0.25) is 0 Å². The fourth-order valence-electron chi connectivity index (χ4n) is 3.55. The van der Waals surface area contributed by atoms with E-state index in [1.165, 1.54) is 11.3 Å². The van der Waals surface area contributed by atoms with Gasteiger partial charge in [0.05, 0.1) is 4.90 Å². The summed E-state index contributed by atoms with van der Waals surface area (Å²) >= 11 is 0. The van der Waals surface area contributed by atoms with Gasteiger partial charge in [0.1, 0.15) is 5.82 Å². The molecular weight excluding hydrogens is 410 g/mol. The van der Waals surface area contributed by atoms with Crippen LogP contribution in [-0.2, 0) is 16.4 Å². The van der Waals surface area contributed by atoms with Gasteiger partial charge in [-0.1, -0.05) is 32.0 Å². The van der Waals surface area contributed by atoms with Gasteiger partial charge in [-0.05, 0) is 60.7 Å². The zero-order chi connectivity index (χ0) is 21.8. The van der Waals surface area contributed by atoms with Gasteiger partial charge in [0.15, 0.2) is 0 Å². The van der Waals surface area contributed by atoms with Crippen LogP contribution < -0.4 is 14.9 Å². The van der Waals surface area contributed by atoms with E-state index in [1.54, 1.807) is 30.5 Å². The third-order valence-electron chi connectivity index (χ3n) is 5.24. The molecule has 2 heterocycles. The number of fused-ring (bicyclic) bond motifs is 1. The molecule has 7 nitrogen and oxygen atoms in total. The molecule has 0 radical (unpaired) electrons.